The average Bonchev–Trinajstić information content (AvgIpc) is 3.08. The van der Waals surface area contributed by atoms with Gasteiger partial charge >= 0.3 is 0 Å². The van der Waals surface area contributed by atoms with Gasteiger partial charge in [0, 0.05) is 39.1 Å². The molecule has 0 aromatic carbocycles. The van der Waals surface area contributed by atoms with Crippen molar-refractivity contribution >= 4 is 5.82 Å². The van der Waals surface area contributed by atoms with Crippen molar-refractivity contribution in [2.24, 2.45) is 7.05 Å². The first-order chi connectivity index (χ1) is 9.76. The molecule has 0 radical (unpaired) electrons. The first-order valence-electron chi connectivity index (χ1n) is 7.12. The topological polar surface area (TPSA) is 46.0 Å². The molecule has 5 nitrogen and oxygen atoms in total. The Balaban J connectivity index is 1.77. The Labute approximate surface area is 119 Å². The molecule has 0 saturated carbocycles. The Bertz CT molecular complexity index is 577. The van der Waals surface area contributed by atoms with Crippen molar-refractivity contribution < 1.29 is 0 Å². The van der Waals surface area contributed by atoms with Gasteiger partial charge in [-0.25, -0.2) is 4.98 Å². The van der Waals surface area contributed by atoms with Gasteiger partial charge < -0.3 is 5.32 Å². The zero-order valence-corrected chi connectivity index (χ0v) is 12.1. The van der Waals surface area contributed by atoms with Crippen molar-refractivity contribution in [3.05, 3.63) is 41.9 Å². The van der Waals surface area contributed by atoms with Gasteiger partial charge in [0.1, 0.15) is 5.82 Å². The molecule has 1 unspecified atom stereocenters. The van der Waals surface area contributed by atoms with E-state index in [-0.39, 0.29) is 0 Å². The number of hydrogen-bond donors (Lipinski definition) is 1. The third-order valence-corrected chi connectivity index (χ3v) is 3.92. The third kappa shape index (κ3) is 2.67. The highest BCUT2D eigenvalue weighted by Gasteiger charge is 2.26. The van der Waals surface area contributed by atoms with Crippen LogP contribution in [0.15, 0.2) is 30.6 Å². The van der Waals surface area contributed by atoms with Gasteiger partial charge in [-0.3, -0.25) is 9.58 Å². The molecule has 0 amide bonds. The van der Waals surface area contributed by atoms with Gasteiger partial charge in [-0.2, -0.15) is 5.10 Å². The van der Waals surface area contributed by atoms with Gasteiger partial charge in [0.2, 0.25) is 0 Å². The predicted octanol–water partition coefficient (Wildman–Crippen LogP) is 2.19. The van der Waals surface area contributed by atoms with Crippen LogP contribution in [0.5, 0.6) is 0 Å². The standard InChI is InChI=1S/C15H21N5/c1-16-15-10-12(5-7-17-15)14-4-3-8-20(14)11-13-6-9-19(2)18-13/h5-7,9-10,14H,3-4,8,11H2,1-2H3,(H,16,17). The Kier molecular flexibility index (Phi) is 3.69. The summed E-state index contributed by atoms with van der Waals surface area (Å²) in [6.45, 7) is 2.06. The largest absolute Gasteiger partial charge is 0.373 e. The molecule has 3 heterocycles. The molecule has 20 heavy (non-hydrogen) atoms. The summed E-state index contributed by atoms with van der Waals surface area (Å²) in [6, 6.07) is 6.86. The van der Waals surface area contributed by atoms with Crippen LogP contribution in [0, 0.1) is 0 Å². The van der Waals surface area contributed by atoms with E-state index in [0.29, 0.717) is 6.04 Å². The van der Waals surface area contributed by atoms with Crippen LogP contribution in [-0.2, 0) is 13.6 Å². The van der Waals surface area contributed by atoms with Crippen molar-refractivity contribution in [1.29, 1.82) is 0 Å². The second kappa shape index (κ2) is 5.63. The quantitative estimate of drug-likeness (QED) is 0.926. The Morgan fingerprint density at radius 2 is 2.30 bits per heavy atom. The van der Waals surface area contributed by atoms with E-state index in [1.165, 1.54) is 18.4 Å². The SMILES string of the molecule is CNc1cc(C2CCCN2Cc2ccn(C)n2)ccn1. The molecule has 2 aromatic heterocycles. The molecule has 3 rings (SSSR count). The third-order valence-electron chi connectivity index (χ3n) is 3.92. The van der Waals surface area contributed by atoms with E-state index < -0.39 is 0 Å². The highest BCUT2D eigenvalue weighted by Crippen LogP contribution is 2.33. The second-order valence-electron chi connectivity index (χ2n) is 5.33. The lowest BCUT2D eigenvalue weighted by molar-refractivity contribution is 0.245. The van der Waals surface area contributed by atoms with E-state index in [1.54, 1.807) is 0 Å². The number of anilines is 1. The summed E-state index contributed by atoms with van der Waals surface area (Å²) in [6.07, 6.45) is 6.35. The first kappa shape index (κ1) is 13.1. The smallest absolute Gasteiger partial charge is 0.125 e. The zero-order chi connectivity index (χ0) is 13.9. The van der Waals surface area contributed by atoms with Crippen LogP contribution >= 0.6 is 0 Å². The van der Waals surface area contributed by atoms with Gasteiger partial charge in [-0.15, -0.1) is 0 Å². The van der Waals surface area contributed by atoms with Crippen molar-refractivity contribution in [2.75, 3.05) is 18.9 Å². The molecule has 1 saturated heterocycles. The minimum absolute atomic E-state index is 0.479. The van der Waals surface area contributed by atoms with E-state index in [2.05, 4.69) is 38.5 Å². The van der Waals surface area contributed by atoms with Gasteiger partial charge in [0.15, 0.2) is 0 Å². The van der Waals surface area contributed by atoms with Crippen LogP contribution < -0.4 is 5.32 Å². The van der Waals surface area contributed by atoms with Crippen LogP contribution in [0.4, 0.5) is 5.82 Å². The van der Waals surface area contributed by atoms with E-state index in [1.807, 2.05) is 31.2 Å². The Morgan fingerprint density at radius 1 is 1.40 bits per heavy atom. The average molecular weight is 271 g/mol. The zero-order valence-electron chi connectivity index (χ0n) is 12.1. The maximum atomic E-state index is 4.49. The molecule has 1 N–H and O–H groups in total. The molecule has 1 aliphatic heterocycles. The molecule has 1 aliphatic rings. The summed E-state index contributed by atoms with van der Waals surface area (Å²) in [5.74, 6) is 0.937. The van der Waals surface area contributed by atoms with Crippen molar-refractivity contribution in [3.8, 4) is 0 Å². The molecule has 1 fully saturated rings. The number of rotatable bonds is 4. The fourth-order valence-corrected chi connectivity index (χ4v) is 2.94. The van der Waals surface area contributed by atoms with Gasteiger partial charge in [0.25, 0.3) is 0 Å². The van der Waals surface area contributed by atoms with Crippen LogP contribution in [0.3, 0.4) is 0 Å². The fraction of sp³-hybridized carbons (Fsp3) is 0.467. The summed E-state index contributed by atoms with van der Waals surface area (Å²) in [5.41, 5.74) is 2.49. The summed E-state index contributed by atoms with van der Waals surface area (Å²) < 4.78 is 1.87. The minimum atomic E-state index is 0.479. The van der Waals surface area contributed by atoms with Crippen molar-refractivity contribution in [3.63, 3.8) is 0 Å². The lowest BCUT2D eigenvalue weighted by atomic mass is 10.1. The minimum Gasteiger partial charge on any atom is -0.373 e. The van der Waals surface area contributed by atoms with Crippen LogP contribution in [-0.4, -0.2) is 33.3 Å². The number of likely N-dealkylation sites (tertiary alicyclic amines) is 1. The molecule has 106 valence electrons. The summed E-state index contributed by atoms with van der Waals surface area (Å²) >= 11 is 0. The molecular formula is C15H21N5. The number of nitrogens with one attached hydrogen (secondary N) is 1. The van der Waals surface area contributed by atoms with Crippen molar-refractivity contribution in [2.45, 2.75) is 25.4 Å². The van der Waals surface area contributed by atoms with E-state index in [4.69, 9.17) is 0 Å². The van der Waals surface area contributed by atoms with Gasteiger partial charge in [-0.1, -0.05) is 0 Å². The molecule has 5 heteroatoms. The number of aryl methyl sites for hydroxylation is 1. The van der Waals surface area contributed by atoms with Crippen LogP contribution in [0.2, 0.25) is 0 Å². The molecule has 2 aromatic rings. The van der Waals surface area contributed by atoms with Crippen LogP contribution in [0.25, 0.3) is 0 Å². The molecular weight excluding hydrogens is 250 g/mol. The maximum Gasteiger partial charge on any atom is 0.125 e. The second-order valence-corrected chi connectivity index (χ2v) is 5.33. The summed E-state index contributed by atoms with van der Waals surface area (Å²) in [5, 5.41) is 7.60. The number of pyridine rings is 1. The summed E-state index contributed by atoms with van der Waals surface area (Å²) in [4.78, 5) is 6.81. The van der Waals surface area contributed by atoms with Crippen molar-refractivity contribution in [1.82, 2.24) is 19.7 Å². The van der Waals surface area contributed by atoms with E-state index in [0.717, 1.165) is 24.6 Å². The van der Waals surface area contributed by atoms with Gasteiger partial charge in [0.05, 0.1) is 5.69 Å². The van der Waals surface area contributed by atoms with Crippen LogP contribution in [0.1, 0.15) is 30.1 Å². The first-order valence-corrected chi connectivity index (χ1v) is 7.12. The highest BCUT2D eigenvalue weighted by molar-refractivity contribution is 5.38. The summed E-state index contributed by atoms with van der Waals surface area (Å²) in [7, 11) is 3.87. The maximum absolute atomic E-state index is 4.49. The lowest BCUT2D eigenvalue weighted by Gasteiger charge is -2.24. The Morgan fingerprint density at radius 3 is 3.05 bits per heavy atom. The lowest BCUT2D eigenvalue weighted by Crippen LogP contribution is -2.23. The number of hydrogen-bond acceptors (Lipinski definition) is 4. The molecule has 1 atom stereocenters. The Hall–Kier alpha value is -1.88. The van der Waals surface area contributed by atoms with E-state index >= 15 is 0 Å². The number of aromatic nitrogens is 3. The highest BCUT2D eigenvalue weighted by atomic mass is 15.3. The monoisotopic (exact) mass is 271 g/mol. The predicted molar refractivity (Wildman–Crippen MR) is 79.4 cm³/mol. The normalized spacial score (nSPS) is 19.4. The molecule has 0 bridgehead atoms. The molecule has 0 spiro atoms. The molecule has 0 aliphatic carbocycles. The number of nitrogens with zero attached hydrogens (tertiary/aromatic N) is 4. The fourth-order valence-electron chi connectivity index (χ4n) is 2.94. The van der Waals surface area contributed by atoms with E-state index in [9.17, 15) is 0 Å². The van der Waals surface area contributed by atoms with Gasteiger partial charge in [-0.05, 0) is 43.1 Å².